The van der Waals surface area contributed by atoms with Crippen LogP contribution in [0.4, 0.5) is 0 Å². The number of para-hydroxylation sites is 2. The summed E-state index contributed by atoms with van der Waals surface area (Å²) in [6.45, 7) is 9.65. The lowest BCUT2D eigenvalue weighted by molar-refractivity contribution is 0.646. The van der Waals surface area contributed by atoms with Crippen LogP contribution in [0.1, 0.15) is 30.3 Å². The summed E-state index contributed by atoms with van der Waals surface area (Å²) >= 11 is 0. The molecule has 0 aliphatic heterocycles. The molecule has 0 amide bonds. The van der Waals surface area contributed by atoms with E-state index in [4.69, 9.17) is 4.99 Å². The minimum absolute atomic E-state index is 0.773. The first-order chi connectivity index (χ1) is 13.7. The van der Waals surface area contributed by atoms with Crippen molar-refractivity contribution in [3.63, 3.8) is 0 Å². The summed E-state index contributed by atoms with van der Waals surface area (Å²) in [7, 11) is 0. The van der Waals surface area contributed by atoms with Gasteiger partial charge in [0.15, 0.2) is 5.96 Å². The van der Waals surface area contributed by atoms with E-state index in [-0.39, 0.29) is 0 Å². The van der Waals surface area contributed by atoms with Gasteiger partial charge in [0.05, 0.1) is 11.0 Å². The molecule has 0 bridgehead atoms. The van der Waals surface area contributed by atoms with Crippen LogP contribution in [0, 0.1) is 13.8 Å². The number of imidazole rings is 1. The molecule has 3 rings (SSSR count). The van der Waals surface area contributed by atoms with Crippen LogP contribution in [0.2, 0.25) is 0 Å². The van der Waals surface area contributed by atoms with Gasteiger partial charge < -0.3 is 15.2 Å². The van der Waals surface area contributed by atoms with Gasteiger partial charge in [0.2, 0.25) is 0 Å². The summed E-state index contributed by atoms with van der Waals surface area (Å²) in [6.07, 6.45) is 5.69. The summed E-state index contributed by atoms with van der Waals surface area (Å²) in [5.74, 6) is 1.93. The molecule has 3 aromatic rings. The molecule has 0 fully saturated rings. The predicted octanol–water partition coefficient (Wildman–Crippen LogP) is 3.24. The number of hydrogen-bond donors (Lipinski definition) is 2. The number of nitrogens with zero attached hydrogens (tertiary/aromatic N) is 4. The van der Waals surface area contributed by atoms with Crippen LogP contribution in [0.15, 0.2) is 47.7 Å². The molecule has 0 saturated carbocycles. The van der Waals surface area contributed by atoms with Gasteiger partial charge in [0.25, 0.3) is 0 Å². The fourth-order valence-corrected chi connectivity index (χ4v) is 3.34. The number of aromatic nitrogens is 3. The van der Waals surface area contributed by atoms with Gasteiger partial charge in [-0.15, -0.1) is 0 Å². The highest BCUT2D eigenvalue weighted by Gasteiger charge is 2.06. The zero-order valence-electron chi connectivity index (χ0n) is 17.1. The lowest BCUT2D eigenvalue weighted by Crippen LogP contribution is -2.38. The number of nitrogens with one attached hydrogen (secondary N) is 2. The molecule has 28 heavy (non-hydrogen) atoms. The first-order valence-electron chi connectivity index (χ1n) is 10.0. The fraction of sp³-hybridized carbons (Fsp3) is 0.409. The quantitative estimate of drug-likeness (QED) is 0.359. The summed E-state index contributed by atoms with van der Waals surface area (Å²) in [4.78, 5) is 13.5. The van der Waals surface area contributed by atoms with E-state index in [2.05, 4.69) is 70.2 Å². The van der Waals surface area contributed by atoms with E-state index in [0.717, 1.165) is 56.3 Å². The third kappa shape index (κ3) is 5.09. The normalized spacial score (nSPS) is 11.8. The molecule has 2 aromatic heterocycles. The van der Waals surface area contributed by atoms with Crippen LogP contribution in [0.3, 0.4) is 0 Å². The average Bonchev–Trinajstić information content (AvgIpc) is 3.02. The largest absolute Gasteiger partial charge is 0.357 e. The smallest absolute Gasteiger partial charge is 0.191 e. The van der Waals surface area contributed by atoms with E-state index in [1.165, 1.54) is 16.6 Å². The molecule has 148 valence electrons. The topological polar surface area (TPSA) is 67.1 Å². The van der Waals surface area contributed by atoms with Crippen LogP contribution in [-0.2, 0) is 13.0 Å². The third-order valence-corrected chi connectivity index (χ3v) is 4.82. The molecule has 6 heteroatoms. The summed E-state index contributed by atoms with van der Waals surface area (Å²) in [5, 5.41) is 6.76. The van der Waals surface area contributed by atoms with Crippen molar-refractivity contribution >= 4 is 17.0 Å². The number of guanidine groups is 1. The molecular weight excluding hydrogens is 348 g/mol. The lowest BCUT2D eigenvalue weighted by atomic mass is 10.1. The van der Waals surface area contributed by atoms with Crippen LogP contribution in [-0.4, -0.2) is 40.1 Å². The van der Waals surface area contributed by atoms with Gasteiger partial charge >= 0.3 is 0 Å². The highest BCUT2D eigenvalue weighted by atomic mass is 15.2. The maximum absolute atomic E-state index is 4.72. The fourth-order valence-electron chi connectivity index (χ4n) is 3.34. The first kappa shape index (κ1) is 19.9. The predicted molar refractivity (Wildman–Crippen MR) is 116 cm³/mol. The Bertz CT molecular complexity index is 928. The first-order valence-corrected chi connectivity index (χ1v) is 10.0. The van der Waals surface area contributed by atoms with Gasteiger partial charge in [0.1, 0.15) is 5.82 Å². The Morgan fingerprint density at radius 3 is 2.82 bits per heavy atom. The number of aryl methyl sites for hydroxylation is 3. The second-order valence-corrected chi connectivity index (χ2v) is 6.89. The van der Waals surface area contributed by atoms with Crippen LogP contribution in [0.5, 0.6) is 0 Å². The lowest BCUT2D eigenvalue weighted by Gasteiger charge is -2.12. The summed E-state index contributed by atoms with van der Waals surface area (Å²) in [5.41, 5.74) is 4.81. The number of benzene rings is 1. The number of fused-ring (bicyclic) bond motifs is 1. The Labute approximate surface area is 167 Å². The van der Waals surface area contributed by atoms with Crippen LogP contribution < -0.4 is 10.6 Å². The molecule has 0 atom stereocenters. The molecule has 0 saturated heterocycles. The highest BCUT2D eigenvalue weighted by molar-refractivity contribution is 5.79. The van der Waals surface area contributed by atoms with E-state index in [1.54, 1.807) is 0 Å². The minimum atomic E-state index is 0.773. The summed E-state index contributed by atoms with van der Waals surface area (Å²) < 4.78 is 2.28. The van der Waals surface area contributed by atoms with Crippen molar-refractivity contribution in [3.8, 4) is 0 Å². The van der Waals surface area contributed by atoms with Crippen LogP contribution >= 0.6 is 0 Å². The van der Waals surface area contributed by atoms with E-state index in [0.29, 0.717) is 0 Å². The van der Waals surface area contributed by atoms with Crippen molar-refractivity contribution in [2.45, 2.75) is 40.2 Å². The van der Waals surface area contributed by atoms with Gasteiger partial charge in [-0.2, -0.15) is 0 Å². The van der Waals surface area contributed by atoms with E-state index < -0.39 is 0 Å². The van der Waals surface area contributed by atoms with Crippen LogP contribution in [0.25, 0.3) is 11.0 Å². The third-order valence-electron chi connectivity index (χ3n) is 4.82. The van der Waals surface area contributed by atoms with Gasteiger partial charge in [-0.05, 0) is 62.9 Å². The number of aliphatic imine (C=N–C) groups is 1. The monoisotopic (exact) mass is 378 g/mol. The average molecular weight is 379 g/mol. The van der Waals surface area contributed by atoms with Crippen molar-refractivity contribution in [3.05, 3.63) is 59.7 Å². The molecule has 1 aromatic carbocycles. The van der Waals surface area contributed by atoms with Gasteiger partial charge in [-0.1, -0.05) is 12.1 Å². The maximum atomic E-state index is 4.72. The van der Waals surface area contributed by atoms with Crippen molar-refractivity contribution < 1.29 is 0 Å². The zero-order chi connectivity index (χ0) is 19.8. The second kappa shape index (κ2) is 9.88. The van der Waals surface area contributed by atoms with E-state index in [1.807, 2.05) is 18.5 Å². The Kier molecular flexibility index (Phi) is 7.00. The molecule has 0 radical (unpaired) electrons. The molecule has 0 spiro atoms. The van der Waals surface area contributed by atoms with Crippen molar-refractivity contribution in [2.75, 3.05) is 19.6 Å². The van der Waals surface area contributed by atoms with Crippen molar-refractivity contribution in [2.24, 2.45) is 4.99 Å². The minimum Gasteiger partial charge on any atom is -0.357 e. The Balaban J connectivity index is 1.51. The van der Waals surface area contributed by atoms with Gasteiger partial charge in [0, 0.05) is 38.6 Å². The molecule has 2 heterocycles. The molecule has 0 aliphatic carbocycles. The molecule has 0 aliphatic rings. The molecular formula is C22H30N6. The van der Waals surface area contributed by atoms with Crippen molar-refractivity contribution in [1.29, 1.82) is 0 Å². The van der Waals surface area contributed by atoms with Crippen molar-refractivity contribution in [1.82, 2.24) is 25.2 Å². The number of rotatable bonds is 8. The Morgan fingerprint density at radius 1 is 1.14 bits per heavy atom. The number of pyridine rings is 1. The van der Waals surface area contributed by atoms with E-state index in [9.17, 15) is 0 Å². The Hall–Kier alpha value is -2.89. The van der Waals surface area contributed by atoms with E-state index >= 15 is 0 Å². The Morgan fingerprint density at radius 2 is 2.00 bits per heavy atom. The van der Waals surface area contributed by atoms with Gasteiger partial charge in [-0.25, -0.2) is 4.98 Å². The molecule has 2 N–H and O–H groups in total. The summed E-state index contributed by atoms with van der Waals surface area (Å²) in [6, 6.07) is 10.4. The zero-order valence-corrected chi connectivity index (χ0v) is 17.1. The second-order valence-electron chi connectivity index (χ2n) is 6.89. The highest BCUT2D eigenvalue weighted by Crippen LogP contribution is 2.15. The molecule has 0 unspecified atom stereocenters. The van der Waals surface area contributed by atoms with Gasteiger partial charge in [-0.3, -0.25) is 9.98 Å². The standard InChI is InChI=1S/C22H30N6/c1-4-24-22(26-14-11-19-10-13-23-16-17(19)2)25-12-7-15-28-18(3)27-20-8-5-6-9-21(20)28/h5-6,8-10,13,16H,4,7,11-12,14-15H2,1-3H3,(H2,24,25,26). The SMILES string of the molecule is CCNC(=NCCCn1c(C)nc2ccccc21)NCCc1ccncc1C. The number of hydrogen-bond acceptors (Lipinski definition) is 3. The maximum Gasteiger partial charge on any atom is 0.191 e. The molecule has 6 nitrogen and oxygen atoms in total.